The van der Waals surface area contributed by atoms with Crippen LogP contribution in [0.25, 0.3) is 0 Å². The van der Waals surface area contributed by atoms with Crippen LogP contribution < -0.4 is 9.47 Å². The summed E-state index contributed by atoms with van der Waals surface area (Å²) in [5.41, 5.74) is 1.65. The number of carbonyl (C=O) groups is 4. The summed E-state index contributed by atoms with van der Waals surface area (Å²) >= 11 is 1.32. The van der Waals surface area contributed by atoms with E-state index < -0.39 is 56.7 Å². The molecule has 4 aromatic carbocycles. The van der Waals surface area contributed by atoms with Gasteiger partial charge in [-0.2, -0.15) is 0 Å². The van der Waals surface area contributed by atoms with E-state index in [9.17, 15) is 54.6 Å². The van der Waals surface area contributed by atoms with E-state index in [4.69, 9.17) is 14.2 Å². The van der Waals surface area contributed by atoms with E-state index in [0.717, 1.165) is 0 Å². The van der Waals surface area contributed by atoms with Crippen LogP contribution in [-0.2, 0) is 38.9 Å². The van der Waals surface area contributed by atoms with Crippen LogP contribution in [0.3, 0.4) is 0 Å². The predicted octanol–water partition coefficient (Wildman–Crippen LogP) is 5.83. The molecular weight excluding hydrogens is 893 g/mol. The molecule has 3 aliphatic heterocycles. The summed E-state index contributed by atoms with van der Waals surface area (Å²) in [7, 11) is 3.22. The molecule has 6 atom stereocenters. The summed E-state index contributed by atoms with van der Waals surface area (Å²) in [6.45, 7) is 3.15. The molecule has 0 spiro atoms. The number of nitro benzene ring substituents is 3. The molecule has 0 bridgehead atoms. The van der Waals surface area contributed by atoms with E-state index in [1.807, 2.05) is 6.92 Å². The molecule has 1 unspecified atom stereocenters. The monoisotopic (exact) mass is 938 g/mol. The third-order valence-corrected chi connectivity index (χ3v) is 13.4. The van der Waals surface area contributed by atoms with E-state index in [1.165, 1.54) is 95.2 Å². The van der Waals surface area contributed by atoms with Crippen LogP contribution in [0.5, 0.6) is 11.5 Å². The number of aliphatic hydroxyl groups is 1. The molecule has 0 aromatic heterocycles. The minimum absolute atomic E-state index is 0.000955. The molecule has 1 N–H and O–H groups in total. The van der Waals surface area contributed by atoms with Gasteiger partial charge in [-0.3, -0.25) is 49.6 Å². The highest BCUT2D eigenvalue weighted by atomic mass is 32.2. The lowest BCUT2D eigenvalue weighted by atomic mass is 9.79. The number of thioether (sulfide) groups is 1. The number of fused-ring (bicyclic) bond motifs is 1. The Morgan fingerprint density at radius 3 is 1.79 bits per heavy atom. The zero-order valence-corrected chi connectivity index (χ0v) is 37.5. The number of likely N-dealkylation sites (tertiary alicyclic amines) is 1. The molecule has 21 heteroatoms. The number of hydrogen-bond donors (Lipinski definition) is 1. The number of nitro groups is 3. The molecule has 3 aliphatic rings. The van der Waals surface area contributed by atoms with Gasteiger partial charge in [0.25, 0.3) is 17.1 Å². The van der Waals surface area contributed by atoms with Crippen LogP contribution in [0.4, 0.5) is 17.1 Å². The van der Waals surface area contributed by atoms with Crippen LogP contribution in [0, 0.1) is 42.2 Å². The Balaban J connectivity index is 1.11. The third-order valence-electron chi connectivity index (χ3n) is 11.9. The van der Waals surface area contributed by atoms with Gasteiger partial charge in [-0.1, -0.05) is 6.92 Å². The minimum Gasteiger partial charge on any atom is -0.485 e. The first-order chi connectivity index (χ1) is 31.9. The Hall–Kier alpha value is -7.23. The maximum absolute atomic E-state index is 14.2. The van der Waals surface area contributed by atoms with Crippen molar-refractivity contribution in [2.24, 2.45) is 11.8 Å². The number of β-lactam (4-membered cyclic amide) rings is 1. The zero-order valence-electron chi connectivity index (χ0n) is 36.7. The highest BCUT2D eigenvalue weighted by Crippen LogP contribution is 2.52. The average molecular weight is 939 g/mol. The number of non-ortho nitro benzene ring substituents is 3. The Bertz CT molecular complexity index is 2620. The van der Waals surface area contributed by atoms with Gasteiger partial charge >= 0.3 is 5.97 Å². The number of ketones is 1. The fourth-order valence-corrected chi connectivity index (χ4v) is 9.95. The SMILES string of the molecule is CC(O)[C@H]1C(=O)N2C(C(=O)OCc3ccc([N+](=O)[O-])cc3)=C(S[C@H]3C[C@@H](C(=O)N(C)C)N(CC(=O)c4ccc(OCc5ccc([N+](=O)[O-])cc5)c(OCc5ccc([N+](=O)[O-])cc5)c4)C3)[C@H](C)[C@H]12. The molecule has 67 heavy (non-hydrogen) atoms. The lowest BCUT2D eigenvalue weighted by Crippen LogP contribution is -2.63. The largest absolute Gasteiger partial charge is 0.485 e. The van der Waals surface area contributed by atoms with Gasteiger partial charge in [0.2, 0.25) is 11.8 Å². The van der Waals surface area contributed by atoms with Crippen molar-refractivity contribution in [1.29, 1.82) is 0 Å². The predicted molar refractivity (Wildman–Crippen MR) is 241 cm³/mol. The van der Waals surface area contributed by atoms with Gasteiger partial charge in [0.15, 0.2) is 17.3 Å². The van der Waals surface area contributed by atoms with Crippen LogP contribution in [-0.4, -0.2) is 109 Å². The second-order valence-corrected chi connectivity index (χ2v) is 18.0. The number of rotatable bonds is 19. The number of benzene rings is 4. The van der Waals surface area contributed by atoms with Crippen molar-refractivity contribution in [3.63, 3.8) is 0 Å². The number of hydrogen-bond acceptors (Lipinski definition) is 16. The number of ether oxygens (including phenoxy) is 3. The van der Waals surface area contributed by atoms with Crippen molar-refractivity contribution in [3.8, 4) is 11.5 Å². The Labute approximate surface area is 387 Å². The van der Waals surface area contributed by atoms with Crippen molar-refractivity contribution in [2.45, 2.75) is 63.5 Å². The Morgan fingerprint density at radius 2 is 1.30 bits per heavy atom. The second-order valence-electron chi connectivity index (χ2n) is 16.6. The van der Waals surface area contributed by atoms with E-state index in [0.29, 0.717) is 21.6 Å². The first-order valence-electron chi connectivity index (χ1n) is 21.1. The Kier molecular flexibility index (Phi) is 14.3. The second kappa shape index (κ2) is 20.1. The first-order valence-corrected chi connectivity index (χ1v) is 22.0. The highest BCUT2D eigenvalue weighted by Gasteiger charge is 2.60. The summed E-state index contributed by atoms with van der Waals surface area (Å²) in [6.07, 6.45) is -0.703. The van der Waals surface area contributed by atoms with Gasteiger partial charge in [-0.15, -0.1) is 11.8 Å². The number of aliphatic hydroxyl groups excluding tert-OH is 1. The number of carbonyl (C=O) groups excluding carboxylic acids is 4. The van der Waals surface area contributed by atoms with E-state index in [2.05, 4.69) is 0 Å². The van der Waals surface area contributed by atoms with Crippen LogP contribution >= 0.6 is 11.8 Å². The van der Waals surface area contributed by atoms with Gasteiger partial charge in [0.05, 0.1) is 45.4 Å². The number of amides is 2. The smallest absolute Gasteiger partial charge is 0.356 e. The van der Waals surface area contributed by atoms with Gasteiger partial charge in [-0.05, 0) is 84.6 Å². The molecular formula is C46H46N6O14S. The molecule has 2 amide bonds. The molecule has 0 saturated carbocycles. The number of esters is 1. The molecule has 3 heterocycles. The van der Waals surface area contributed by atoms with Crippen molar-refractivity contribution in [2.75, 3.05) is 27.2 Å². The van der Waals surface area contributed by atoms with Gasteiger partial charge in [0.1, 0.15) is 25.5 Å². The van der Waals surface area contributed by atoms with E-state index >= 15 is 0 Å². The molecule has 0 radical (unpaired) electrons. The fraction of sp³-hybridized carbons (Fsp3) is 0.348. The van der Waals surface area contributed by atoms with Crippen molar-refractivity contribution in [1.82, 2.24) is 14.7 Å². The topological polar surface area (TPSA) is 255 Å². The Morgan fingerprint density at radius 1 is 0.791 bits per heavy atom. The molecule has 2 saturated heterocycles. The number of nitrogens with zero attached hydrogens (tertiary/aromatic N) is 6. The molecule has 7 rings (SSSR count). The molecule has 0 aliphatic carbocycles. The fourth-order valence-electron chi connectivity index (χ4n) is 8.40. The van der Waals surface area contributed by atoms with Crippen molar-refractivity contribution < 1.29 is 53.3 Å². The summed E-state index contributed by atoms with van der Waals surface area (Å²) in [5, 5.41) is 43.7. The third kappa shape index (κ3) is 10.4. The number of likely N-dealkylation sites (N-methyl/N-ethyl adjacent to an activating group) is 1. The van der Waals surface area contributed by atoms with E-state index in [1.54, 1.807) is 43.3 Å². The average Bonchev–Trinajstić information content (AvgIpc) is 3.81. The summed E-state index contributed by atoms with van der Waals surface area (Å²) in [6, 6.07) is 20.4. The zero-order chi connectivity index (χ0) is 48.3. The minimum atomic E-state index is -0.989. The van der Waals surface area contributed by atoms with Crippen molar-refractivity contribution >= 4 is 52.4 Å². The standard InChI is InChI=1S/C46H46N6O14S/c1-26-41-40(27(2)53)45(56)49(41)42(46(57)66-25-30-9-16-34(17-10-30)52(62)63)43(26)67-35-20-36(44(55)47(3)4)48(21-35)22-37(54)31-11-18-38(64-23-28-5-12-32(13-6-28)50(58)59)39(19-31)65-24-29-7-14-33(15-8-29)51(60)61/h5-19,26-27,35-36,40-41,53H,20-25H2,1-4H3/t26-,27?,35+,36+,40-,41-/m1/s1. The first kappa shape index (κ1) is 47.7. The summed E-state index contributed by atoms with van der Waals surface area (Å²) < 4.78 is 17.9. The van der Waals surface area contributed by atoms with Gasteiger partial charge < -0.3 is 29.1 Å². The summed E-state index contributed by atoms with van der Waals surface area (Å²) in [4.78, 5) is 92.3. The molecule has 350 valence electrons. The quantitative estimate of drug-likeness (QED) is 0.0381. The molecule has 4 aromatic rings. The number of Topliss-reactive ketones (excluding diaryl/α,β-unsaturated/α-hetero) is 1. The highest BCUT2D eigenvalue weighted by molar-refractivity contribution is 8.03. The van der Waals surface area contributed by atoms with Crippen LogP contribution in [0.15, 0.2) is 102 Å². The van der Waals surface area contributed by atoms with E-state index in [-0.39, 0.29) is 96.1 Å². The molecule has 20 nitrogen and oxygen atoms in total. The van der Waals surface area contributed by atoms with Crippen LogP contribution in [0.2, 0.25) is 0 Å². The normalized spacial score (nSPS) is 20.4. The molecule has 2 fully saturated rings. The maximum Gasteiger partial charge on any atom is 0.356 e. The maximum atomic E-state index is 14.2. The van der Waals surface area contributed by atoms with Gasteiger partial charge in [-0.25, -0.2) is 4.79 Å². The van der Waals surface area contributed by atoms with Crippen molar-refractivity contribution in [3.05, 3.63) is 154 Å². The lowest BCUT2D eigenvalue weighted by molar-refractivity contribution is -0.385. The van der Waals surface area contributed by atoms with Gasteiger partial charge in [0, 0.05) is 78.7 Å². The lowest BCUT2D eigenvalue weighted by Gasteiger charge is -2.46. The van der Waals surface area contributed by atoms with Crippen LogP contribution in [0.1, 0.15) is 47.3 Å². The summed E-state index contributed by atoms with van der Waals surface area (Å²) in [5.74, 6) is -2.55.